The van der Waals surface area contributed by atoms with Crippen molar-refractivity contribution in [2.75, 3.05) is 41.7 Å². The molecule has 0 bridgehead atoms. The minimum absolute atomic E-state index is 0.112. The summed E-state index contributed by atoms with van der Waals surface area (Å²) in [4.78, 5) is 26.0. The van der Waals surface area contributed by atoms with E-state index in [0.717, 1.165) is 57.5 Å². The van der Waals surface area contributed by atoms with E-state index < -0.39 is 4.92 Å². The van der Waals surface area contributed by atoms with E-state index in [9.17, 15) is 10.1 Å². The molecule has 2 aromatic rings. The third-order valence-electron chi connectivity index (χ3n) is 5.13. The molecule has 3 heterocycles. The highest BCUT2D eigenvalue weighted by molar-refractivity contribution is 5.60. The summed E-state index contributed by atoms with van der Waals surface area (Å²) < 4.78 is 0. The molecule has 1 saturated carbocycles. The van der Waals surface area contributed by atoms with Gasteiger partial charge < -0.3 is 20.9 Å². The molecule has 2 aliphatic rings. The van der Waals surface area contributed by atoms with Crippen molar-refractivity contribution in [2.45, 2.75) is 31.7 Å². The van der Waals surface area contributed by atoms with E-state index in [2.05, 4.69) is 35.8 Å². The Labute approximate surface area is 162 Å². The predicted molar refractivity (Wildman–Crippen MR) is 107 cm³/mol. The Morgan fingerprint density at radius 3 is 2.61 bits per heavy atom. The summed E-state index contributed by atoms with van der Waals surface area (Å²) in [6, 6.07) is 4.09. The van der Waals surface area contributed by atoms with Gasteiger partial charge in [0.1, 0.15) is 12.0 Å². The second-order valence-electron chi connectivity index (χ2n) is 7.07. The van der Waals surface area contributed by atoms with E-state index in [0.29, 0.717) is 5.82 Å². The number of pyridine rings is 1. The largest absolute Gasteiger partial charge is 0.368 e. The average molecular weight is 384 g/mol. The van der Waals surface area contributed by atoms with Crippen LogP contribution in [0.3, 0.4) is 0 Å². The third kappa shape index (κ3) is 4.28. The maximum atomic E-state index is 11.3. The second-order valence-corrected chi connectivity index (χ2v) is 7.07. The molecule has 0 unspecified atom stereocenters. The van der Waals surface area contributed by atoms with Gasteiger partial charge in [0.2, 0.25) is 11.8 Å². The third-order valence-corrected chi connectivity index (χ3v) is 5.13. The van der Waals surface area contributed by atoms with E-state index in [-0.39, 0.29) is 23.5 Å². The Morgan fingerprint density at radius 1 is 1.14 bits per heavy atom. The number of hydrogen-bond acceptors (Lipinski definition) is 9. The Kier molecular flexibility index (Phi) is 5.47. The molecule has 4 rings (SSSR count). The smallest absolute Gasteiger partial charge is 0.329 e. The summed E-state index contributed by atoms with van der Waals surface area (Å²) >= 11 is 0. The first kappa shape index (κ1) is 18.4. The van der Waals surface area contributed by atoms with E-state index in [1.165, 1.54) is 6.20 Å². The lowest BCUT2D eigenvalue weighted by atomic mass is 10.2. The van der Waals surface area contributed by atoms with Gasteiger partial charge >= 0.3 is 5.69 Å². The summed E-state index contributed by atoms with van der Waals surface area (Å²) in [5.41, 5.74) is 0.958. The minimum atomic E-state index is -0.457. The monoisotopic (exact) mass is 384 g/mol. The number of rotatable bonds is 6. The summed E-state index contributed by atoms with van der Waals surface area (Å²) in [6.45, 7) is 3.84. The van der Waals surface area contributed by atoms with Crippen LogP contribution in [-0.4, -0.2) is 52.1 Å². The highest BCUT2D eigenvalue weighted by Crippen LogP contribution is 2.28. The van der Waals surface area contributed by atoms with Crippen LogP contribution in [0, 0.1) is 10.1 Å². The summed E-state index contributed by atoms with van der Waals surface area (Å²) in [5.74, 6) is 1.14. The van der Waals surface area contributed by atoms with Crippen LogP contribution in [0.25, 0.3) is 0 Å². The van der Waals surface area contributed by atoms with Crippen LogP contribution in [-0.2, 0) is 0 Å². The molecule has 148 valence electrons. The van der Waals surface area contributed by atoms with Gasteiger partial charge in [-0.1, -0.05) is 12.8 Å². The van der Waals surface area contributed by atoms with Crippen LogP contribution >= 0.6 is 0 Å². The Morgan fingerprint density at radius 2 is 1.93 bits per heavy atom. The standard InChI is InChI=1S/C18H24N8O2/c27-26(28)15-12-21-18(24-17(15)22-13-3-1-2-4-13)23-16-6-5-14(11-20-16)25-9-7-19-8-10-25/h5-6,11-13,19H,1-4,7-10H2,(H2,20,21,22,23,24). The van der Waals surface area contributed by atoms with E-state index in [4.69, 9.17) is 0 Å². The van der Waals surface area contributed by atoms with Gasteiger partial charge in [-0.15, -0.1) is 0 Å². The lowest BCUT2D eigenvalue weighted by Crippen LogP contribution is -2.43. The Balaban J connectivity index is 1.48. The van der Waals surface area contributed by atoms with Crippen LogP contribution in [0.15, 0.2) is 24.5 Å². The first-order valence-corrected chi connectivity index (χ1v) is 9.66. The fourth-order valence-corrected chi connectivity index (χ4v) is 3.62. The number of nitro groups is 1. The Hall–Kier alpha value is -3.01. The molecule has 0 spiro atoms. The van der Waals surface area contributed by atoms with Gasteiger partial charge in [-0.25, -0.2) is 9.97 Å². The molecule has 10 nitrogen and oxygen atoms in total. The van der Waals surface area contributed by atoms with Crippen molar-refractivity contribution in [3.8, 4) is 0 Å². The molecule has 2 fully saturated rings. The second kappa shape index (κ2) is 8.34. The van der Waals surface area contributed by atoms with Gasteiger partial charge in [0.15, 0.2) is 0 Å². The van der Waals surface area contributed by atoms with Gasteiger partial charge in [0, 0.05) is 32.2 Å². The lowest BCUT2D eigenvalue weighted by molar-refractivity contribution is -0.384. The van der Waals surface area contributed by atoms with Crippen molar-refractivity contribution in [2.24, 2.45) is 0 Å². The highest BCUT2D eigenvalue weighted by atomic mass is 16.6. The van der Waals surface area contributed by atoms with Crippen molar-refractivity contribution in [1.29, 1.82) is 0 Å². The van der Waals surface area contributed by atoms with Crippen molar-refractivity contribution >= 4 is 29.0 Å². The van der Waals surface area contributed by atoms with Crippen LogP contribution in [0.1, 0.15) is 25.7 Å². The predicted octanol–water partition coefficient (Wildman–Crippen LogP) is 2.29. The van der Waals surface area contributed by atoms with Gasteiger partial charge in [-0.2, -0.15) is 4.98 Å². The number of nitrogens with zero attached hydrogens (tertiary/aromatic N) is 5. The van der Waals surface area contributed by atoms with Gasteiger partial charge in [-0.05, 0) is 25.0 Å². The molecule has 0 aromatic carbocycles. The molecular weight excluding hydrogens is 360 g/mol. The minimum Gasteiger partial charge on any atom is -0.368 e. The number of aromatic nitrogens is 3. The summed E-state index contributed by atoms with van der Waals surface area (Å²) in [7, 11) is 0. The first-order valence-electron chi connectivity index (χ1n) is 9.66. The Bertz CT molecular complexity index is 817. The maximum absolute atomic E-state index is 11.3. The molecule has 3 N–H and O–H groups in total. The topological polar surface area (TPSA) is 121 Å². The fraction of sp³-hybridized carbons (Fsp3) is 0.500. The van der Waals surface area contributed by atoms with Crippen LogP contribution in [0.5, 0.6) is 0 Å². The molecule has 1 aliphatic carbocycles. The molecule has 2 aromatic heterocycles. The maximum Gasteiger partial charge on any atom is 0.329 e. The first-order chi connectivity index (χ1) is 13.7. The number of piperazine rings is 1. The van der Waals surface area contributed by atoms with Crippen LogP contribution in [0.2, 0.25) is 0 Å². The zero-order chi connectivity index (χ0) is 19.3. The van der Waals surface area contributed by atoms with Crippen molar-refractivity contribution in [3.63, 3.8) is 0 Å². The van der Waals surface area contributed by atoms with Crippen LogP contribution < -0.4 is 20.9 Å². The quantitative estimate of drug-likeness (QED) is 0.508. The number of nitrogens with one attached hydrogen (secondary N) is 3. The molecular formula is C18H24N8O2. The summed E-state index contributed by atoms with van der Waals surface area (Å²) in [5, 5.41) is 20.9. The molecule has 0 atom stereocenters. The molecule has 10 heteroatoms. The van der Waals surface area contributed by atoms with Crippen LogP contribution in [0.4, 0.5) is 29.0 Å². The average Bonchev–Trinajstić information content (AvgIpc) is 3.22. The molecule has 1 saturated heterocycles. The molecule has 28 heavy (non-hydrogen) atoms. The zero-order valence-corrected chi connectivity index (χ0v) is 15.6. The molecule has 0 amide bonds. The van der Waals surface area contributed by atoms with Crippen molar-refractivity contribution in [3.05, 3.63) is 34.6 Å². The van der Waals surface area contributed by atoms with E-state index >= 15 is 0 Å². The SMILES string of the molecule is O=[N+]([O-])c1cnc(Nc2ccc(N3CCNCC3)cn2)nc1NC1CCCC1. The number of hydrogen-bond donors (Lipinski definition) is 3. The van der Waals surface area contributed by atoms with Crippen molar-refractivity contribution in [1.82, 2.24) is 20.3 Å². The normalized spacial score (nSPS) is 17.5. The fourth-order valence-electron chi connectivity index (χ4n) is 3.62. The summed E-state index contributed by atoms with van der Waals surface area (Å²) in [6.07, 6.45) is 7.31. The van der Waals surface area contributed by atoms with Crippen molar-refractivity contribution < 1.29 is 4.92 Å². The zero-order valence-electron chi connectivity index (χ0n) is 15.6. The molecule has 0 radical (unpaired) electrons. The van der Waals surface area contributed by atoms with Gasteiger partial charge in [0.05, 0.1) is 16.8 Å². The van der Waals surface area contributed by atoms with E-state index in [1.54, 1.807) is 0 Å². The number of anilines is 4. The highest BCUT2D eigenvalue weighted by Gasteiger charge is 2.22. The van der Waals surface area contributed by atoms with Gasteiger partial charge in [-0.3, -0.25) is 10.1 Å². The van der Waals surface area contributed by atoms with E-state index in [1.807, 2.05) is 18.3 Å². The lowest BCUT2D eigenvalue weighted by Gasteiger charge is -2.29. The van der Waals surface area contributed by atoms with Gasteiger partial charge in [0.25, 0.3) is 0 Å². The molecule has 1 aliphatic heterocycles.